The molecule has 0 unspecified atom stereocenters. The Kier molecular flexibility index (Phi) is 17.5. The van der Waals surface area contributed by atoms with Gasteiger partial charge in [0.25, 0.3) is 0 Å². The minimum atomic E-state index is -0.365. The van der Waals surface area contributed by atoms with Crippen LogP contribution in [0.4, 0.5) is 16.2 Å². The van der Waals surface area contributed by atoms with Crippen LogP contribution in [0, 0.1) is 0 Å². The highest BCUT2D eigenvalue weighted by atomic mass is 16.5. The SMILES string of the molecule is CCN1CCCCC1.CCN1CCN(C(=O)N(Cc2ccc(C(=O)OC)cc2)c2ccccc2)CC1.COC(=O)c1ccc(CNc2ccccc2)cc1. The first-order valence-electron chi connectivity index (χ1n) is 19.0. The van der Waals surface area contributed by atoms with Crippen molar-refractivity contribution in [2.45, 2.75) is 46.2 Å². The lowest BCUT2D eigenvalue weighted by atomic mass is 10.1. The van der Waals surface area contributed by atoms with Crippen molar-refractivity contribution in [1.82, 2.24) is 14.7 Å². The molecule has 4 aromatic rings. The normalized spacial score (nSPS) is 14.3. The zero-order chi connectivity index (χ0) is 38.5. The summed E-state index contributed by atoms with van der Waals surface area (Å²) in [7, 11) is 2.75. The Morgan fingerprint density at radius 1 is 0.593 bits per heavy atom. The number of anilines is 2. The summed E-state index contributed by atoms with van der Waals surface area (Å²) in [6, 6.07) is 34.3. The Morgan fingerprint density at radius 3 is 1.56 bits per heavy atom. The van der Waals surface area contributed by atoms with Gasteiger partial charge in [0, 0.05) is 44.1 Å². The lowest BCUT2D eigenvalue weighted by Crippen LogP contribution is -2.52. The third-order valence-corrected chi connectivity index (χ3v) is 9.65. The molecule has 10 heteroatoms. The van der Waals surface area contributed by atoms with Crippen LogP contribution in [0.15, 0.2) is 109 Å². The number of rotatable bonds is 10. The Balaban J connectivity index is 0.000000212. The van der Waals surface area contributed by atoms with E-state index in [1.807, 2.05) is 89.8 Å². The summed E-state index contributed by atoms with van der Waals surface area (Å²) in [5, 5.41) is 3.31. The van der Waals surface area contributed by atoms with Gasteiger partial charge in [0.2, 0.25) is 0 Å². The average Bonchev–Trinajstić information content (AvgIpc) is 3.26. The number of likely N-dealkylation sites (N-methyl/N-ethyl adjacent to an activating group) is 1. The predicted octanol–water partition coefficient (Wildman–Crippen LogP) is 7.81. The van der Waals surface area contributed by atoms with E-state index < -0.39 is 0 Å². The summed E-state index contributed by atoms with van der Waals surface area (Å²) in [5.74, 6) is -0.672. The van der Waals surface area contributed by atoms with Crippen molar-refractivity contribution in [3.8, 4) is 0 Å². The van der Waals surface area contributed by atoms with E-state index in [0.717, 1.165) is 61.8 Å². The molecule has 288 valence electrons. The summed E-state index contributed by atoms with van der Waals surface area (Å²) in [6.45, 7) is 13.8. The third kappa shape index (κ3) is 13.3. The zero-order valence-corrected chi connectivity index (χ0v) is 32.4. The quantitative estimate of drug-likeness (QED) is 0.165. The van der Waals surface area contributed by atoms with Gasteiger partial charge in [-0.3, -0.25) is 4.90 Å². The molecular formula is C44H57N5O5. The van der Waals surface area contributed by atoms with Crippen LogP contribution in [0.25, 0.3) is 0 Å². The molecule has 0 spiro atoms. The van der Waals surface area contributed by atoms with E-state index in [0.29, 0.717) is 17.7 Å². The number of ether oxygens (including phenoxy) is 2. The zero-order valence-electron chi connectivity index (χ0n) is 32.4. The van der Waals surface area contributed by atoms with Crippen molar-refractivity contribution < 1.29 is 23.9 Å². The summed E-state index contributed by atoms with van der Waals surface area (Å²) >= 11 is 0. The molecule has 0 bridgehead atoms. The number of piperidine rings is 1. The van der Waals surface area contributed by atoms with Crippen molar-refractivity contribution in [3.63, 3.8) is 0 Å². The second kappa shape index (κ2) is 22.8. The number of carbonyl (C=O) groups excluding carboxylic acids is 3. The number of hydrogen-bond donors (Lipinski definition) is 1. The maximum atomic E-state index is 13.3. The van der Waals surface area contributed by atoms with Gasteiger partial charge in [-0.05, 0) is 98.7 Å². The van der Waals surface area contributed by atoms with E-state index in [9.17, 15) is 14.4 Å². The number of para-hydroxylation sites is 2. The summed E-state index contributed by atoms with van der Waals surface area (Å²) in [5.41, 5.74) is 5.08. The second-order valence-electron chi connectivity index (χ2n) is 13.2. The first kappa shape index (κ1) is 41.6. The molecule has 6 rings (SSSR count). The van der Waals surface area contributed by atoms with E-state index in [1.54, 1.807) is 29.2 Å². The fourth-order valence-corrected chi connectivity index (χ4v) is 6.26. The molecular weight excluding hydrogens is 679 g/mol. The lowest BCUT2D eigenvalue weighted by Gasteiger charge is -2.37. The number of carbonyl (C=O) groups is 3. The highest BCUT2D eigenvalue weighted by molar-refractivity contribution is 5.92. The number of nitrogens with zero attached hydrogens (tertiary/aromatic N) is 4. The first-order chi connectivity index (χ1) is 26.3. The van der Waals surface area contributed by atoms with Crippen LogP contribution in [-0.4, -0.2) is 99.2 Å². The second-order valence-corrected chi connectivity index (χ2v) is 13.2. The number of nitrogens with one attached hydrogen (secondary N) is 1. The molecule has 0 aromatic heterocycles. The molecule has 2 saturated heterocycles. The van der Waals surface area contributed by atoms with Crippen LogP contribution >= 0.6 is 0 Å². The van der Waals surface area contributed by atoms with Crippen LogP contribution in [0.2, 0.25) is 0 Å². The maximum Gasteiger partial charge on any atom is 0.337 e. The maximum absolute atomic E-state index is 13.3. The molecule has 2 aliphatic heterocycles. The average molecular weight is 736 g/mol. The number of amides is 2. The highest BCUT2D eigenvalue weighted by Gasteiger charge is 2.26. The Morgan fingerprint density at radius 2 is 1.07 bits per heavy atom. The van der Waals surface area contributed by atoms with E-state index >= 15 is 0 Å². The van der Waals surface area contributed by atoms with Crippen molar-refractivity contribution in [2.24, 2.45) is 0 Å². The van der Waals surface area contributed by atoms with Gasteiger partial charge in [-0.1, -0.05) is 80.9 Å². The first-order valence-corrected chi connectivity index (χ1v) is 19.0. The van der Waals surface area contributed by atoms with Crippen LogP contribution in [0.1, 0.15) is 65.0 Å². The van der Waals surface area contributed by atoms with Gasteiger partial charge < -0.3 is 29.5 Å². The lowest BCUT2D eigenvalue weighted by molar-refractivity contribution is 0.0592. The van der Waals surface area contributed by atoms with Gasteiger partial charge in [0.05, 0.1) is 31.9 Å². The number of hydrogen-bond acceptors (Lipinski definition) is 8. The van der Waals surface area contributed by atoms with Crippen LogP contribution in [0.5, 0.6) is 0 Å². The topological polar surface area (TPSA) is 94.7 Å². The van der Waals surface area contributed by atoms with E-state index in [-0.39, 0.29) is 18.0 Å². The number of likely N-dealkylation sites (tertiary alicyclic amines) is 1. The van der Waals surface area contributed by atoms with Crippen molar-refractivity contribution in [3.05, 3.63) is 131 Å². The molecule has 0 aliphatic carbocycles. The minimum absolute atomic E-state index is 0.0130. The fourth-order valence-electron chi connectivity index (χ4n) is 6.26. The molecule has 2 heterocycles. The molecule has 4 aromatic carbocycles. The molecule has 0 saturated carbocycles. The molecule has 2 amide bonds. The Hall–Kier alpha value is -5.19. The minimum Gasteiger partial charge on any atom is -0.465 e. The standard InChI is InChI=1S/C22H27N3O3.C15H15NO2.C7H15N/c1-3-23-13-15-24(16-14-23)22(27)25(20-7-5-4-6-8-20)17-18-9-11-19(12-10-18)21(26)28-2;1-18-15(17)13-9-7-12(8-10-13)11-16-14-5-3-2-4-6-14;1-2-8-6-4-3-5-7-8/h4-12H,3,13-17H2,1-2H3;2-10,16H,11H2,1H3;2-7H2,1H3. The molecule has 10 nitrogen and oxygen atoms in total. The van der Waals surface area contributed by atoms with Gasteiger partial charge in [0.15, 0.2) is 0 Å². The van der Waals surface area contributed by atoms with Gasteiger partial charge in [-0.15, -0.1) is 0 Å². The smallest absolute Gasteiger partial charge is 0.337 e. The summed E-state index contributed by atoms with van der Waals surface area (Å²) in [4.78, 5) is 44.8. The van der Waals surface area contributed by atoms with E-state index in [2.05, 4.69) is 33.7 Å². The van der Waals surface area contributed by atoms with Crippen molar-refractivity contribution >= 4 is 29.3 Å². The third-order valence-electron chi connectivity index (χ3n) is 9.65. The van der Waals surface area contributed by atoms with Gasteiger partial charge in [-0.2, -0.15) is 0 Å². The number of piperazine rings is 1. The molecule has 54 heavy (non-hydrogen) atoms. The van der Waals surface area contributed by atoms with Gasteiger partial charge in [-0.25, -0.2) is 14.4 Å². The van der Waals surface area contributed by atoms with Gasteiger partial charge >= 0.3 is 18.0 Å². The fraction of sp³-hybridized carbons (Fsp3) is 0.386. The van der Waals surface area contributed by atoms with Crippen LogP contribution in [-0.2, 0) is 22.6 Å². The van der Waals surface area contributed by atoms with E-state index in [1.165, 1.54) is 53.1 Å². The summed E-state index contributed by atoms with van der Waals surface area (Å²) < 4.78 is 9.40. The summed E-state index contributed by atoms with van der Waals surface area (Å²) in [6.07, 6.45) is 4.30. The van der Waals surface area contributed by atoms with Crippen LogP contribution in [0.3, 0.4) is 0 Å². The monoisotopic (exact) mass is 735 g/mol. The number of benzene rings is 4. The molecule has 2 aliphatic rings. The number of esters is 2. The van der Waals surface area contributed by atoms with Crippen molar-refractivity contribution in [2.75, 3.05) is 76.8 Å². The number of urea groups is 1. The predicted molar refractivity (Wildman–Crippen MR) is 217 cm³/mol. The Labute approximate surface area is 321 Å². The molecule has 0 atom stereocenters. The molecule has 1 N–H and O–H groups in total. The largest absolute Gasteiger partial charge is 0.465 e. The molecule has 2 fully saturated rings. The van der Waals surface area contributed by atoms with Gasteiger partial charge in [0.1, 0.15) is 0 Å². The number of methoxy groups -OCH3 is 2. The molecule has 0 radical (unpaired) electrons. The van der Waals surface area contributed by atoms with E-state index in [4.69, 9.17) is 4.74 Å². The van der Waals surface area contributed by atoms with Crippen LogP contribution < -0.4 is 10.2 Å². The Bertz CT molecular complexity index is 1670. The highest BCUT2D eigenvalue weighted by Crippen LogP contribution is 2.20. The van der Waals surface area contributed by atoms with Crippen molar-refractivity contribution in [1.29, 1.82) is 0 Å².